The largest absolute Gasteiger partial charge is 0.497 e. The molecule has 34 heavy (non-hydrogen) atoms. The normalized spacial score (nSPS) is 15.1. The first-order valence-electron chi connectivity index (χ1n) is 11.6. The molecule has 1 saturated heterocycles. The molecule has 2 aromatic carbocycles. The minimum Gasteiger partial charge on any atom is -0.497 e. The van der Waals surface area contributed by atoms with Crippen molar-refractivity contribution in [2.75, 3.05) is 45.3 Å². The van der Waals surface area contributed by atoms with Gasteiger partial charge in [0.15, 0.2) is 0 Å². The molecule has 6 nitrogen and oxygen atoms in total. The lowest BCUT2D eigenvalue weighted by atomic mass is 9.94. The van der Waals surface area contributed by atoms with Crippen LogP contribution in [0.4, 0.5) is 5.00 Å². The average molecular weight is 481 g/mol. The molecule has 0 spiro atoms. The van der Waals surface area contributed by atoms with Gasteiger partial charge in [-0.15, -0.1) is 11.3 Å². The molecule has 0 aliphatic carbocycles. The van der Waals surface area contributed by atoms with Gasteiger partial charge in [-0.2, -0.15) is 0 Å². The first-order chi connectivity index (χ1) is 16.5. The van der Waals surface area contributed by atoms with Crippen LogP contribution in [0.2, 0.25) is 0 Å². The summed E-state index contributed by atoms with van der Waals surface area (Å²) in [6, 6.07) is 15.5. The van der Waals surface area contributed by atoms with Gasteiger partial charge in [-0.3, -0.25) is 9.69 Å². The molecule has 2 heterocycles. The van der Waals surface area contributed by atoms with Gasteiger partial charge in [0.05, 0.1) is 33.0 Å². The molecule has 4 rings (SSSR count). The summed E-state index contributed by atoms with van der Waals surface area (Å²) in [6.07, 6.45) is 0. The van der Waals surface area contributed by atoms with Crippen LogP contribution in [-0.2, 0) is 4.74 Å². The number of ether oxygens (including phenoxy) is 3. The summed E-state index contributed by atoms with van der Waals surface area (Å²) in [7, 11) is 1.62. The third-order valence-electron chi connectivity index (χ3n) is 6.20. The number of hydrogen-bond donors (Lipinski definition) is 1. The fraction of sp³-hybridized carbons (Fsp3) is 0.370. The number of nitrogens with one attached hydrogen (secondary N) is 1. The summed E-state index contributed by atoms with van der Waals surface area (Å²) in [6.45, 7) is 9.94. The lowest BCUT2D eigenvalue weighted by molar-refractivity contribution is 0.0240. The topological polar surface area (TPSA) is 60.0 Å². The zero-order valence-corrected chi connectivity index (χ0v) is 21.0. The van der Waals surface area contributed by atoms with Crippen LogP contribution in [0.1, 0.15) is 44.9 Å². The summed E-state index contributed by atoms with van der Waals surface area (Å²) in [4.78, 5) is 16.8. The molecule has 180 valence electrons. The van der Waals surface area contributed by atoms with Crippen LogP contribution in [0.3, 0.4) is 0 Å². The van der Waals surface area contributed by atoms with Gasteiger partial charge in [0, 0.05) is 29.1 Å². The molecular formula is C27H32N2O4S. The Hall–Kier alpha value is -2.87. The molecule has 0 saturated carbocycles. The molecule has 0 unspecified atom stereocenters. The Morgan fingerprint density at radius 1 is 1.06 bits per heavy atom. The van der Waals surface area contributed by atoms with Crippen LogP contribution in [0.25, 0.3) is 0 Å². The maximum atomic E-state index is 13.1. The van der Waals surface area contributed by atoms with Gasteiger partial charge in [0.2, 0.25) is 0 Å². The number of rotatable bonds is 8. The number of thiophene rings is 1. The van der Waals surface area contributed by atoms with Crippen molar-refractivity contribution in [1.29, 1.82) is 0 Å². The Morgan fingerprint density at radius 3 is 2.32 bits per heavy atom. The predicted octanol–water partition coefficient (Wildman–Crippen LogP) is 5.45. The molecule has 3 aromatic rings. The molecule has 1 atom stereocenters. The predicted molar refractivity (Wildman–Crippen MR) is 137 cm³/mol. The van der Waals surface area contributed by atoms with Crippen molar-refractivity contribution in [1.82, 2.24) is 4.90 Å². The fourth-order valence-electron chi connectivity index (χ4n) is 4.29. The highest BCUT2D eigenvalue weighted by Crippen LogP contribution is 2.43. The third kappa shape index (κ3) is 5.27. The van der Waals surface area contributed by atoms with E-state index < -0.39 is 0 Å². The summed E-state index contributed by atoms with van der Waals surface area (Å²) < 4.78 is 16.5. The highest BCUT2D eigenvalue weighted by Gasteiger charge is 2.30. The molecule has 1 aromatic heterocycles. The van der Waals surface area contributed by atoms with Crippen molar-refractivity contribution in [3.8, 4) is 11.5 Å². The van der Waals surface area contributed by atoms with Gasteiger partial charge < -0.3 is 19.5 Å². The van der Waals surface area contributed by atoms with Crippen LogP contribution in [-0.4, -0.2) is 50.8 Å². The van der Waals surface area contributed by atoms with E-state index in [4.69, 9.17) is 14.2 Å². The average Bonchev–Trinajstić information content (AvgIpc) is 3.14. The standard InChI is InChI=1S/C27H32N2O4S/c1-5-33-23-12-6-20(7-13-23)25(29-14-16-32-17-15-29)24-18(2)19(3)34-27(24)28-26(30)21-8-10-22(31-4)11-9-21/h6-13,25H,5,14-17H2,1-4H3,(H,28,30)/t25-/m0/s1. The van der Waals surface area contributed by atoms with Crippen molar-refractivity contribution < 1.29 is 19.0 Å². The van der Waals surface area contributed by atoms with E-state index in [1.165, 1.54) is 16.0 Å². The van der Waals surface area contributed by atoms with Crippen LogP contribution in [0.15, 0.2) is 48.5 Å². The van der Waals surface area contributed by atoms with Crippen LogP contribution >= 0.6 is 11.3 Å². The minimum atomic E-state index is -0.127. The van der Waals surface area contributed by atoms with E-state index in [2.05, 4.69) is 36.2 Å². The minimum absolute atomic E-state index is 0.00990. The molecule has 0 radical (unpaired) electrons. The first kappa shape index (κ1) is 24.3. The molecule has 1 aliphatic rings. The van der Waals surface area contributed by atoms with Crippen LogP contribution < -0.4 is 14.8 Å². The Kier molecular flexibility index (Phi) is 7.88. The number of amides is 1. The Bertz CT molecular complexity index is 1100. The van der Waals surface area contributed by atoms with Gasteiger partial charge in [-0.05, 0) is 68.3 Å². The van der Waals surface area contributed by atoms with Gasteiger partial charge in [-0.1, -0.05) is 12.1 Å². The number of carbonyl (C=O) groups excluding carboxylic acids is 1. The summed E-state index contributed by atoms with van der Waals surface area (Å²) in [5, 5.41) is 4.09. The van der Waals surface area contributed by atoms with E-state index in [1.54, 1.807) is 42.7 Å². The van der Waals surface area contributed by atoms with Crippen molar-refractivity contribution in [2.24, 2.45) is 0 Å². The second kappa shape index (κ2) is 11.0. The van der Waals surface area contributed by atoms with Crippen molar-refractivity contribution in [2.45, 2.75) is 26.8 Å². The van der Waals surface area contributed by atoms with E-state index in [0.29, 0.717) is 25.4 Å². The van der Waals surface area contributed by atoms with Crippen molar-refractivity contribution >= 4 is 22.2 Å². The smallest absolute Gasteiger partial charge is 0.256 e. The Labute approximate surface area is 205 Å². The Balaban J connectivity index is 1.71. The lowest BCUT2D eigenvalue weighted by Crippen LogP contribution is -2.39. The van der Waals surface area contributed by atoms with E-state index in [-0.39, 0.29) is 11.9 Å². The second-order valence-corrected chi connectivity index (χ2v) is 9.49. The summed E-state index contributed by atoms with van der Waals surface area (Å²) in [5.74, 6) is 1.46. The van der Waals surface area contributed by atoms with Crippen molar-refractivity contribution in [3.63, 3.8) is 0 Å². The monoisotopic (exact) mass is 480 g/mol. The van der Waals surface area contributed by atoms with Crippen LogP contribution in [0, 0.1) is 13.8 Å². The quantitative estimate of drug-likeness (QED) is 0.465. The number of carbonyl (C=O) groups is 1. The molecule has 1 fully saturated rings. The van der Waals surface area contributed by atoms with Gasteiger partial charge in [0.25, 0.3) is 5.91 Å². The number of hydrogen-bond acceptors (Lipinski definition) is 6. The SMILES string of the molecule is CCOc1ccc([C@@H](c2c(NC(=O)c3ccc(OC)cc3)sc(C)c2C)N2CCOCC2)cc1. The molecule has 7 heteroatoms. The maximum absolute atomic E-state index is 13.1. The number of aryl methyl sites for hydroxylation is 1. The third-order valence-corrected chi connectivity index (χ3v) is 7.34. The fourth-order valence-corrected chi connectivity index (χ4v) is 5.38. The van der Waals surface area contributed by atoms with Gasteiger partial charge in [-0.25, -0.2) is 0 Å². The Morgan fingerprint density at radius 2 is 1.71 bits per heavy atom. The number of benzene rings is 2. The number of morpholine rings is 1. The second-order valence-electron chi connectivity index (χ2n) is 8.26. The highest BCUT2D eigenvalue weighted by molar-refractivity contribution is 7.16. The maximum Gasteiger partial charge on any atom is 0.256 e. The number of methoxy groups -OCH3 is 1. The van der Waals surface area contributed by atoms with Crippen LogP contribution in [0.5, 0.6) is 11.5 Å². The van der Waals surface area contributed by atoms with Crippen molar-refractivity contribution in [3.05, 3.63) is 75.7 Å². The summed E-state index contributed by atoms with van der Waals surface area (Å²) >= 11 is 1.63. The molecule has 1 aliphatic heterocycles. The van der Waals surface area contributed by atoms with Gasteiger partial charge >= 0.3 is 0 Å². The summed E-state index contributed by atoms with van der Waals surface area (Å²) in [5.41, 5.74) is 4.13. The van der Waals surface area contributed by atoms with E-state index in [1.807, 2.05) is 19.1 Å². The zero-order valence-electron chi connectivity index (χ0n) is 20.2. The van der Waals surface area contributed by atoms with E-state index in [0.717, 1.165) is 35.2 Å². The highest BCUT2D eigenvalue weighted by atomic mass is 32.1. The molecular weight excluding hydrogens is 448 g/mol. The number of anilines is 1. The first-order valence-corrected chi connectivity index (χ1v) is 12.4. The molecule has 1 amide bonds. The molecule has 1 N–H and O–H groups in total. The zero-order chi connectivity index (χ0) is 24.1. The van der Waals surface area contributed by atoms with Gasteiger partial charge in [0.1, 0.15) is 16.5 Å². The van der Waals surface area contributed by atoms with E-state index >= 15 is 0 Å². The number of nitrogens with zero attached hydrogens (tertiary/aromatic N) is 1. The lowest BCUT2D eigenvalue weighted by Gasteiger charge is -2.35. The van der Waals surface area contributed by atoms with E-state index in [9.17, 15) is 4.79 Å². The molecule has 0 bridgehead atoms.